The van der Waals surface area contributed by atoms with Gasteiger partial charge in [0.15, 0.2) is 0 Å². The number of aromatic nitrogens is 4. The molecule has 0 spiro atoms. The number of nitrogens with zero attached hydrogens (tertiary/aromatic N) is 4. The Balaban J connectivity index is 1.71. The van der Waals surface area contributed by atoms with E-state index in [4.69, 9.17) is 5.11 Å². The van der Waals surface area contributed by atoms with E-state index in [-0.39, 0.29) is 17.8 Å². The molecule has 0 radical (unpaired) electrons. The van der Waals surface area contributed by atoms with Crippen molar-refractivity contribution >= 4 is 11.9 Å². The average Bonchev–Trinajstić information content (AvgIpc) is 3.20. The summed E-state index contributed by atoms with van der Waals surface area (Å²) in [5.41, 5.74) is 1.59. The zero-order valence-electron chi connectivity index (χ0n) is 12.9. The van der Waals surface area contributed by atoms with Crippen LogP contribution in [0.4, 0.5) is 0 Å². The van der Waals surface area contributed by atoms with Gasteiger partial charge < -0.3 is 10.4 Å². The van der Waals surface area contributed by atoms with E-state index < -0.39 is 11.9 Å². The number of nitrogens with one attached hydrogen (secondary N) is 1. The molecule has 3 rings (SSSR count). The number of aromatic carboxylic acids is 1. The molecule has 3 aromatic rings. The third kappa shape index (κ3) is 3.02. The second-order valence-electron chi connectivity index (χ2n) is 5.15. The maximum absolute atomic E-state index is 12.2. The SMILES string of the molecule is Cn1ncc(C(=O)O)c1C(=O)NCc1cnn(-c2ccccc2)c1. The molecular weight excluding hydrogens is 310 g/mol. The van der Waals surface area contributed by atoms with Crippen LogP contribution in [0.1, 0.15) is 26.4 Å². The van der Waals surface area contributed by atoms with E-state index in [1.807, 2.05) is 30.3 Å². The highest BCUT2D eigenvalue weighted by atomic mass is 16.4. The summed E-state index contributed by atoms with van der Waals surface area (Å²) in [4.78, 5) is 23.4. The number of carboxylic acid groups (broad SMARTS) is 1. The number of para-hydroxylation sites is 1. The van der Waals surface area contributed by atoms with Crippen molar-refractivity contribution < 1.29 is 14.7 Å². The first-order valence-corrected chi connectivity index (χ1v) is 7.18. The lowest BCUT2D eigenvalue weighted by molar-refractivity contribution is 0.0690. The number of benzene rings is 1. The molecule has 0 saturated heterocycles. The van der Waals surface area contributed by atoms with Crippen LogP contribution in [0.5, 0.6) is 0 Å². The number of hydrogen-bond donors (Lipinski definition) is 2. The summed E-state index contributed by atoms with van der Waals surface area (Å²) in [5.74, 6) is -1.69. The normalized spacial score (nSPS) is 10.5. The van der Waals surface area contributed by atoms with Crippen LogP contribution < -0.4 is 5.32 Å². The molecule has 0 atom stereocenters. The first-order chi connectivity index (χ1) is 11.6. The van der Waals surface area contributed by atoms with Crippen molar-refractivity contribution in [1.29, 1.82) is 0 Å². The Morgan fingerprint density at radius 1 is 1.17 bits per heavy atom. The fourth-order valence-corrected chi connectivity index (χ4v) is 2.30. The van der Waals surface area contributed by atoms with Gasteiger partial charge in [-0.25, -0.2) is 9.48 Å². The zero-order valence-corrected chi connectivity index (χ0v) is 12.9. The lowest BCUT2D eigenvalue weighted by atomic mass is 10.2. The van der Waals surface area contributed by atoms with Crippen molar-refractivity contribution in [3.8, 4) is 5.69 Å². The lowest BCUT2D eigenvalue weighted by Gasteiger charge is -2.05. The third-order valence-electron chi connectivity index (χ3n) is 3.49. The molecule has 0 aliphatic heterocycles. The molecule has 0 saturated carbocycles. The molecule has 1 aromatic carbocycles. The van der Waals surface area contributed by atoms with Gasteiger partial charge in [0.25, 0.3) is 5.91 Å². The van der Waals surface area contributed by atoms with Crippen LogP contribution in [-0.2, 0) is 13.6 Å². The molecule has 2 N–H and O–H groups in total. The van der Waals surface area contributed by atoms with Gasteiger partial charge in [0, 0.05) is 25.4 Å². The van der Waals surface area contributed by atoms with E-state index in [0.717, 1.165) is 17.4 Å². The van der Waals surface area contributed by atoms with E-state index in [0.29, 0.717) is 0 Å². The fraction of sp³-hybridized carbons (Fsp3) is 0.125. The maximum Gasteiger partial charge on any atom is 0.339 e. The number of rotatable bonds is 5. The highest BCUT2D eigenvalue weighted by molar-refractivity contribution is 6.03. The molecule has 1 amide bonds. The summed E-state index contributed by atoms with van der Waals surface area (Å²) in [6, 6.07) is 9.58. The van der Waals surface area contributed by atoms with Gasteiger partial charge in [-0.1, -0.05) is 18.2 Å². The van der Waals surface area contributed by atoms with Gasteiger partial charge in [-0.05, 0) is 12.1 Å². The zero-order chi connectivity index (χ0) is 17.1. The van der Waals surface area contributed by atoms with Gasteiger partial charge in [0.2, 0.25) is 0 Å². The largest absolute Gasteiger partial charge is 0.478 e. The van der Waals surface area contributed by atoms with Crippen LogP contribution in [0.3, 0.4) is 0 Å². The fourth-order valence-electron chi connectivity index (χ4n) is 2.30. The predicted molar refractivity (Wildman–Crippen MR) is 84.9 cm³/mol. The molecule has 24 heavy (non-hydrogen) atoms. The summed E-state index contributed by atoms with van der Waals surface area (Å²) < 4.78 is 2.94. The van der Waals surface area contributed by atoms with Gasteiger partial charge in [0.1, 0.15) is 11.3 Å². The average molecular weight is 325 g/mol. The van der Waals surface area contributed by atoms with Crippen molar-refractivity contribution in [3.05, 3.63) is 65.7 Å². The van der Waals surface area contributed by atoms with Crippen molar-refractivity contribution in [1.82, 2.24) is 24.9 Å². The summed E-state index contributed by atoms with van der Waals surface area (Å²) >= 11 is 0. The summed E-state index contributed by atoms with van der Waals surface area (Å²) in [7, 11) is 1.52. The minimum absolute atomic E-state index is 0.0120. The van der Waals surface area contributed by atoms with E-state index in [2.05, 4.69) is 15.5 Å². The van der Waals surface area contributed by atoms with E-state index in [9.17, 15) is 9.59 Å². The number of carboxylic acids is 1. The molecule has 8 heteroatoms. The first kappa shape index (κ1) is 15.5. The Kier molecular flexibility index (Phi) is 4.11. The number of carbonyl (C=O) groups excluding carboxylic acids is 1. The van der Waals surface area contributed by atoms with E-state index in [1.54, 1.807) is 17.1 Å². The maximum atomic E-state index is 12.2. The van der Waals surface area contributed by atoms with Crippen molar-refractivity contribution in [2.75, 3.05) is 0 Å². The Bertz CT molecular complexity index is 882. The molecule has 0 aliphatic carbocycles. The van der Waals surface area contributed by atoms with E-state index >= 15 is 0 Å². The smallest absolute Gasteiger partial charge is 0.339 e. The monoisotopic (exact) mass is 325 g/mol. The molecular formula is C16H15N5O3. The number of hydrogen-bond acceptors (Lipinski definition) is 4. The van der Waals surface area contributed by atoms with Crippen molar-refractivity contribution in [3.63, 3.8) is 0 Å². The van der Waals surface area contributed by atoms with Crippen LogP contribution in [0.25, 0.3) is 5.69 Å². The van der Waals surface area contributed by atoms with Gasteiger partial charge in [-0.2, -0.15) is 10.2 Å². The van der Waals surface area contributed by atoms with Gasteiger partial charge in [-0.15, -0.1) is 0 Å². The van der Waals surface area contributed by atoms with Crippen molar-refractivity contribution in [2.24, 2.45) is 7.05 Å². The second-order valence-corrected chi connectivity index (χ2v) is 5.15. The molecule has 8 nitrogen and oxygen atoms in total. The number of carbonyl (C=O) groups is 2. The summed E-state index contributed by atoms with van der Waals surface area (Å²) in [6.45, 7) is 0.232. The molecule has 2 aromatic heterocycles. The van der Waals surface area contributed by atoms with Crippen LogP contribution in [0.15, 0.2) is 48.9 Å². The number of amides is 1. The Hall–Kier alpha value is -3.42. The molecule has 122 valence electrons. The minimum Gasteiger partial charge on any atom is -0.478 e. The molecule has 0 fully saturated rings. The third-order valence-corrected chi connectivity index (χ3v) is 3.49. The predicted octanol–water partition coefficient (Wildman–Crippen LogP) is 1.23. The number of aryl methyl sites for hydroxylation is 1. The van der Waals surface area contributed by atoms with E-state index in [1.165, 1.54) is 11.7 Å². The molecule has 0 unspecified atom stereocenters. The van der Waals surface area contributed by atoms with Crippen LogP contribution in [-0.4, -0.2) is 36.5 Å². The Labute approximate surface area is 137 Å². The van der Waals surface area contributed by atoms with Gasteiger partial charge in [-0.3, -0.25) is 9.48 Å². The van der Waals surface area contributed by atoms with Gasteiger partial charge in [0.05, 0.1) is 18.1 Å². The highest BCUT2D eigenvalue weighted by Crippen LogP contribution is 2.10. The lowest BCUT2D eigenvalue weighted by Crippen LogP contribution is -2.26. The Morgan fingerprint density at radius 2 is 1.92 bits per heavy atom. The molecule has 0 bridgehead atoms. The molecule has 2 heterocycles. The quantitative estimate of drug-likeness (QED) is 0.734. The standard InChI is InChI=1S/C16H15N5O3/c1-20-14(13(9-18-20)16(23)24)15(22)17-7-11-8-19-21(10-11)12-5-3-2-4-6-12/h2-6,8-10H,7H2,1H3,(H,17,22)(H,23,24). The second kappa shape index (κ2) is 6.37. The highest BCUT2D eigenvalue weighted by Gasteiger charge is 2.21. The topological polar surface area (TPSA) is 102 Å². The van der Waals surface area contributed by atoms with Gasteiger partial charge >= 0.3 is 5.97 Å². The summed E-state index contributed by atoms with van der Waals surface area (Å²) in [6.07, 6.45) is 4.61. The minimum atomic E-state index is -1.19. The molecule has 0 aliphatic rings. The first-order valence-electron chi connectivity index (χ1n) is 7.18. The summed E-state index contributed by atoms with van der Waals surface area (Å²) in [5, 5.41) is 19.8. The van der Waals surface area contributed by atoms with Crippen LogP contribution in [0.2, 0.25) is 0 Å². The van der Waals surface area contributed by atoms with Crippen molar-refractivity contribution in [2.45, 2.75) is 6.54 Å². The Morgan fingerprint density at radius 3 is 2.62 bits per heavy atom. The van der Waals surface area contributed by atoms with Crippen LogP contribution in [0, 0.1) is 0 Å². The van der Waals surface area contributed by atoms with Crippen LogP contribution >= 0.6 is 0 Å².